The van der Waals surface area contributed by atoms with Crippen molar-refractivity contribution in [2.75, 3.05) is 0 Å². The third kappa shape index (κ3) is 1.60. The van der Waals surface area contributed by atoms with E-state index in [2.05, 4.69) is 0 Å². The molecule has 5 heteroatoms. The number of carbonyl (C=O) groups is 2. The van der Waals surface area contributed by atoms with Gasteiger partial charge < -0.3 is 0 Å². The lowest BCUT2D eigenvalue weighted by atomic mass is 9.84. The topological polar surface area (TPSA) is 34.1 Å². The Hall–Kier alpha value is -2.07. The number of rotatable bonds is 0. The van der Waals surface area contributed by atoms with Crippen molar-refractivity contribution in [3.05, 3.63) is 69.2 Å². The van der Waals surface area contributed by atoms with E-state index in [1.54, 1.807) is 0 Å². The lowest BCUT2D eigenvalue weighted by Crippen LogP contribution is -2.22. The Balaban J connectivity index is 2.36. The molecule has 0 amide bonds. The molecule has 2 aromatic carbocycles. The van der Waals surface area contributed by atoms with E-state index in [0.717, 1.165) is 12.1 Å². The summed E-state index contributed by atoms with van der Waals surface area (Å²) >= 11 is 5.90. The molecular formula is C14H5ClF2O2. The number of carbonyl (C=O) groups excluding carboxylic acids is 2. The summed E-state index contributed by atoms with van der Waals surface area (Å²) in [6, 6.07) is 5.91. The van der Waals surface area contributed by atoms with E-state index in [9.17, 15) is 18.4 Å². The third-order valence-corrected chi connectivity index (χ3v) is 3.35. The molecule has 0 aromatic heterocycles. The molecule has 0 saturated heterocycles. The van der Waals surface area contributed by atoms with Crippen LogP contribution in [0.3, 0.4) is 0 Å². The smallest absolute Gasteiger partial charge is 0.196 e. The Labute approximate surface area is 111 Å². The standard InChI is InChI=1S/C14H5ClF2O2/c15-9-3-1-2-6-12(9)14(19)8-5-11(17)10(16)4-7(8)13(6)18/h1-5H. The number of hydrogen-bond acceptors (Lipinski definition) is 2. The fourth-order valence-electron chi connectivity index (χ4n) is 2.15. The van der Waals surface area contributed by atoms with Gasteiger partial charge in [-0.05, 0) is 18.2 Å². The van der Waals surface area contributed by atoms with Gasteiger partial charge in [-0.1, -0.05) is 23.7 Å². The van der Waals surface area contributed by atoms with Crippen LogP contribution in [0, 0.1) is 11.6 Å². The molecule has 3 rings (SSSR count). The maximum absolute atomic E-state index is 13.2. The number of benzene rings is 2. The fourth-order valence-corrected chi connectivity index (χ4v) is 2.41. The summed E-state index contributed by atoms with van der Waals surface area (Å²) in [6.45, 7) is 0. The molecule has 2 nitrogen and oxygen atoms in total. The van der Waals surface area contributed by atoms with Crippen LogP contribution in [0.25, 0.3) is 0 Å². The zero-order valence-corrected chi connectivity index (χ0v) is 10.1. The summed E-state index contributed by atoms with van der Waals surface area (Å²) in [7, 11) is 0. The highest BCUT2D eigenvalue weighted by Crippen LogP contribution is 2.32. The predicted octanol–water partition coefficient (Wildman–Crippen LogP) is 3.39. The minimum atomic E-state index is -1.17. The van der Waals surface area contributed by atoms with Gasteiger partial charge in [0.1, 0.15) is 0 Å². The van der Waals surface area contributed by atoms with Gasteiger partial charge in [-0.2, -0.15) is 0 Å². The highest BCUT2D eigenvalue weighted by molar-refractivity contribution is 6.39. The van der Waals surface area contributed by atoms with Gasteiger partial charge in [0.05, 0.1) is 10.6 Å². The average Bonchev–Trinajstić information content (AvgIpc) is 2.38. The molecule has 94 valence electrons. The lowest BCUT2D eigenvalue weighted by Gasteiger charge is -2.18. The van der Waals surface area contributed by atoms with Crippen LogP contribution in [0.4, 0.5) is 8.78 Å². The number of halogens is 3. The van der Waals surface area contributed by atoms with Crippen LogP contribution in [0.15, 0.2) is 30.3 Å². The van der Waals surface area contributed by atoms with Crippen molar-refractivity contribution >= 4 is 23.2 Å². The van der Waals surface area contributed by atoms with Crippen LogP contribution in [-0.4, -0.2) is 11.6 Å². The largest absolute Gasteiger partial charge is 0.289 e. The van der Waals surface area contributed by atoms with Crippen molar-refractivity contribution in [2.24, 2.45) is 0 Å². The molecule has 0 heterocycles. The van der Waals surface area contributed by atoms with Crippen LogP contribution < -0.4 is 0 Å². The Morgan fingerprint density at radius 2 is 1.42 bits per heavy atom. The van der Waals surface area contributed by atoms with E-state index < -0.39 is 23.2 Å². The SMILES string of the molecule is O=C1c2cc(F)c(F)cc2C(=O)c2c(Cl)cccc21. The van der Waals surface area contributed by atoms with Crippen molar-refractivity contribution in [1.82, 2.24) is 0 Å². The van der Waals surface area contributed by atoms with Crippen LogP contribution in [0.2, 0.25) is 5.02 Å². The van der Waals surface area contributed by atoms with Gasteiger partial charge in [0, 0.05) is 16.7 Å². The average molecular weight is 279 g/mol. The van der Waals surface area contributed by atoms with Gasteiger partial charge >= 0.3 is 0 Å². The first-order valence-corrected chi connectivity index (χ1v) is 5.75. The van der Waals surface area contributed by atoms with Gasteiger partial charge in [-0.3, -0.25) is 9.59 Å². The van der Waals surface area contributed by atoms with Gasteiger partial charge in [0.15, 0.2) is 23.2 Å². The molecule has 0 saturated carbocycles. The van der Waals surface area contributed by atoms with E-state index in [4.69, 9.17) is 11.6 Å². The summed E-state index contributed by atoms with van der Waals surface area (Å²) < 4.78 is 26.4. The zero-order valence-electron chi connectivity index (χ0n) is 9.34. The minimum Gasteiger partial charge on any atom is -0.289 e. The minimum absolute atomic E-state index is 0.0349. The first kappa shape index (κ1) is 12.0. The Bertz CT molecular complexity index is 753. The van der Waals surface area contributed by atoms with E-state index in [1.165, 1.54) is 18.2 Å². The molecule has 0 radical (unpaired) electrons. The van der Waals surface area contributed by atoms with Crippen LogP contribution in [0.1, 0.15) is 31.8 Å². The second kappa shape index (κ2) is 3.96. The Morgan fingerprint density at radius 3 is 2.05 bits per heavy atom. The summed E-state index contributed by atoms with van der Waals surface area (Å²) in [5, 5.41) is 0.117. The van der Waals surface area contributed by atoms with Crippen molar-refractivity contribution in [3.8, 4) is 0 Å². The molecule has 0 spiro atoms. The first-order valence-electron chi connectivity index (χ1n) is 5.37. The van der Waals surface area contributed by atoms with Gasteiger partial charge in [-0.25, -0.2) is 8.78 Å². The maximum Gasteiger partial charge on any atom is 0.196 e. The van der Waals surface area contributed by atoms with E-state index in [0.29, 0.717) is 0 Å². The summed E-state index contributed by atoms with van der Waals surface area (Å²) in [4.78, 5) is 24.4. The molecule has 0 N–H and O–H groups in total. The second-order valence-electron chi connectivity index (χ2n) is 4.13. The predicted molar refractivity (Wildman–Crippen MR) is 64.7 cm³/mol. The number of ketones is 2. The normalized spacial score (nSPS) is 13.2. The molecule has 1 aliphatic rings. The van der Waals surface area contributed by atoms with Crippen LogP contribution >= 0.6 is 11.6 Å². The Morgan fingerprint density at radius 1 is 0.842 bits per heavy atom. The molecule has 0 atom stereocenters. The molecule has 1 aliphatic carbocycles. The second-order valence-corrected chi connectivity index (χ2v) is 4.54. The fraction of sp³-hybridized carbons (Fsp3) is 0. The molecule has 0 unspecified atom stereocenters. The lowest BCUT2D eigenvalue weighted by molar-refractivity contribution is 0.0978. The van der Waals surface area contributed by atoms with Crippen LogP contribution in [0.5, 0.6) is 0 Å². The molecule has 0 aliphatic heterocycles. The first-order chi connectivity index (χ1) is 9.00. The van der Waals surface area contributed by atoms with Crippen molar-refractivity contribution < 1.29 is 18.4 Å². The van der Waals surface area contributed by atoms with Crippen molar-refractivity contribution in [1.29, 1.82) is 0 Å². The Kier molecular flexibility index (Phi) is 2.50. The van der Waals surface area contributed by atoms with E-state index in [-0.39, 0.29) is 27.3 Å². The summed E-state index contributed by atoms with van der Waals surface area (Å²) in [5.74, 6) is -3.44. The molecule has 0 bridgehead atoms. The summed E-state index contributed by atoms with van der Waals surface area (Å²) in [5.41, 5.74) is -0.160. The highest BCUT2D eigenvalue weighted by atomic mass is 35.5. The van der Waals surface area contributed by atoms with E-state index >= 15 is 0 Å². The highest BCUT2D eigenvalue weighted by Gasteiger charge is 2.32. The van der Waals surface area contributed by atoms with Gasteiger partial charge in [0.2, 0.25) is 0 Å². The molecular weight excluding hydrogens is 274 g/mol. The monoisotopic (exact) mass is 278 g/mol. The summed E-state index contributed by atoms with van der Waals surface area (Å²) in [6.07, 6.45) is 0. The van der Waals surface area contributed by atoms with Crippen LogP contribution in [-0.2, 0) is 0 Å². The molecule has 2 aromatic rings. The van der Waals surface area contributed by atoms with Gasteiger partial charge in [0.25, 0.3) is 0 Å². The number of fused-ring (bicyclic) bond motifs is 2. The number of hydrogen-bond donors (Lipinski definition) is 0. The maximum atomic E-state index is 13.2. The third-order valence-electron chi connectivity index (χ3n) is 3.03. The van der Waals surface area contributed by atoms with Gasteiger partial charge in [-0.15, -0.1) is 0 Å². The quantitative estimate of drug-likeness (QED) is 0.632. The van der Waals surface area contributed by atoms with Crippen molar-refractivity contribution in [2.45, 2.75) is 0 Å². The molecule has 0 fully saturated rings. The van der Waals surface area contributed by atoms with Crippen molar-refractivity contribution in [3.63, 3.8) is 0 Å². The van der Waals surface area contributed by atoms with E-state index in [1.807, 2.05) is 0 Å². The zero-order chi connectivity index (χ0) is 13.7. The molecule has 19 heavy (non-hydrogen) atoms.